The summed E-state index contributed by atoms with van der Waals surface area (Å²) in [6.07, 6.45) is 7.84. The molecule has 0 heteroatoms. The van der Waals surface area contributed by atoms with Crippen molar-refractivity contribution in [3.63, 3.8) is 0 Å². The Balaban J connectivity index is 3.47. The summed E-state index contributed by atoms with van der Waals surface area (Å²) in [6.45, 7) is 10.9. The van der Waals surface area contributed by atoms with Crippen LogP contribution in [0.2, 0.25) is 0 Å². The fourth-order valence-corrected chi connectivity index (χ4v) is 1.36. The van der Waals surface area contributed by atoms with Crippen molar-refractivity contribution >= 4 is 0 Å². The van der Waals surface area contributed by atoms with Crippen LogP contribution >= 0.6 is 0 Å². The molecule has 0 nitrogen and oxygen atoms in total. The van der Waals surface area contributed by atoms with Crippen LogP contribution in [0.25, 0.3) is 0 Å². The van der Waals surface area contributed by atoms with Crippen molar-refractivity contribution < 1.29 is 0 Å². The molecule has 0 aliphatic rings. The SMILES string of the molecule is C=C(CCCC)C(C)CCCC. The Kier molecular flexibility index (Phi) is 7.23. The van der Waals surface area contributed by atoms with Gasteiger partial charge in [0.15, 0.2) is 0 Å². The minimum Gasteiger partial charge on any atom is -0.0996 e. The topological polar surface area (TPSA) is 0 Å². The van der Waals surface area contributed by atoms with Gasteiger partial charge in [-0.3, -0.25) is 0 Å². The molecule has 1 atom stereocenters. The second-order valence-electron chi connectivity index (χ2n) is 3.81. The first kappa shape index (κ1) is 11.7. The standard InChI is InChI=1S/C12H24/c1-5-7-9-11(3)12(4)10-8-6-2/h12H,3,5-10H2,1-2,4H3. The zero-order chi connectivity index (χ0) is 9.40. The van der Waals surface area contributed by atoms with Crippen molar-refractivity contribution in [2.75, 3.05) is 0 Å². The fourth-order valence-electron chi connectivity index (χ4n) is 1.36. The Morgan fingerprint density at radius 1 is 1.17 bits per heavy atom. The Morgan fingerprint density at radius 2 is 1.75 bits per heavy atom. The van der Waals surface area contributed by atoms with Gasteiger partial charge in [-0.25, -0.2) is 0 Å². The van der Waals surface area contributed by atoms with E-state index in [9.17, 15) is 0 Å². The molecule has 0 amide bonds. The first-order chi connectivity index (χ1) is 5.72. The van der Waals surface area contributed by atoms with Gasteiger partial charge in [0, 0.05) is 0 Å². The molecule has 0 aliphatic carbocycles. The first-order valence-electron chi connectivity index (χ1n) is 5.40. The predicted octanol–water partition coefficient (Wildman–Crippen LogP) is 4.56. The summed E-state index contributed by atoms with van der Waals surface area (Å²) >= 11 is 0. The lowest BCUT2D eigenvalue weighted by atomic mass is 9.93. The van der Waals surface area contributed by atoms with E-state index >= 15 is 0 Å². The van der Waals surface area contributed by atoms with E-state index in [2.05, 4.69) is 27.4 Å². The summed E-state index contributed by atoms with van der Waals surface area (Å²) < 4.78 is 0. The van der Waals surface area contributed by atoms with Crippen LogP contribution in [0.3, 0.4) is 0 Å². The van der Waals surface area contributed by atoms with E-state index in [0.29, 0.717) is 0 Å². The highest BCUT2D eigenvalue weighted by Crippen LogP contribution is 2.20. The van der Waals surface area contributed by atoms with Gasteiger partial charge in [0.2, 0.25) is 0 Å². The number of hydrogen-bond donors (Lipinski definition) is 0. The number of hydrogen-bond acceptors (Lipinski definition) is 0. The van der Waals surface area contributed by atoms with Crippen molar-refractivity contribution in [1.29, 1.82) is 0 Å². The van der Waals surface area contributed by atoms with Crippen LogP contribution in [0.5, 0.6) is 0 Å². The molecule has 1 unspecified atom stereocenters. The monoisotopic (exact) mass is 168 g/mol. The van der Waals surface area contributed by atoms with Crippen LogP contribution in [-0.4, -0.2) is 0 Å². The van der Waals surface area contributed by atoms with E-state index in [1.165, 1.54) is 44.1 Å². The van der Waals surface area contributed by atoms with Crippen LogP contribution in [0.1, 0.15) is 59.3 Å². The normalized spacial score (nSPS) is 12.9. The molecule has 0 heterocycles. The van der Waals surface area contributed by atoms with E-state index in [-0.39, 0.29) is 0 Å². The maximum Gasteiger partial charge on any atom is -0.0234 e. The number of unbranched alkanes of at least 4 members (excludes halogenated alkanes) is 2. The summed E-state index contributed by atoms with van der Waals surface area (Å²) in [5, 5.41) is 0. The summed E-state index contributed by atoms with van der Waals surface area (Å²) in [6, 6.07) is 0. The second kappa shape index (κ2) is 7.39. The third-order valence-electron chi connectivity index (χ3n) is 2.54. The minimum atomic E-state index is 0.747. The molecule has 0 aliphatic heterocycles. The average molecular weight is 168 g/mol. The molecule has 0 aromatic rings. The zero-order valence-corrected chi connectivity index (χ0v) is 9.03. The maximum atomic E-state index is 4.15. The Hall–Kier alpha value is -0.260. The lowest BCUT2D eigenvalue weighted by Crippen LogP contribution is -1.98. The molecule has 0 aromatic heterocycles. The third-order valence-corrected chi connectivity index (χ3v) is 2.54. The smallest absolute Gasteiger partial charge is 0.0234 e. The quantitative estimate of drug-likeness (QED) is 0.489. The highest BCUT2D eigenvalue weighted by molar-refractivity contribution is 4.98. The van der Waals surface area contributed by atoms with Gasteiger partial charge >= 0.3 is 0 Å². The van der Waals surface area contributed by atoms with Crippen LogP contribution in [0.4, 0.5) is 0 Å². The van der Waals surface area contributed by atoms with Crippen molar-refractivity contribution in [3.05, 3.63) is 12.2 Å². The first-order valence-corrected chi connectivity index (χ1v) is 5.40. The highest BCUT2D eigenvalue weighted by Gasteiger charge is 2.04. The molecule has 0 saturated heterocycles. The Morgan fingerprint density at radius 3 is 2.25 bits per heavy atom. The van der Waals surface area contributed by atoms with Crippen molar-refractivity contribution in [1.82, 2.24) is 0 Å². The molecular weight excluding hydrogens is 144 g/mol. The van der Waals surface area contributed by atoms with Gasteiger partial charge in [0.25, 0.3) is 0 Å². The average Bonchev–Trinajstić information content (AvgIpc) is 2.10. The van der Waals surface area contributed by atoms with E-state index < -0.39 is 0 Å². The van der Waals surface area contributed by atoms with Gasteiger partial charge < -0.3 is 0 Å². The summed E-state index contributed by atoms with van der Waals surface area (Å²) in [5.41, 5.74) is 1.46. The predicted molar refractivity (Wildman–Crippen MR) is 57.4 cm³/mol. The van der Waals surface area contributed by atoms with E-state index in [1.807, 2.05) is 0 Å². The molecule has 0 rings (SSSR count). The van der Waals surface area contributed by atoms with Gasteiger partial charge in [0.05, 0.1) is 0 Å². The van der Waals surface area contributed by atoms with E-state index in [0.717, 1.165) is 5.92 Å². The molecule has 0 aromatic carbocycles. The minimum absolute atomic E-state index is 0.747. The molecule has 0 spiro atoms. The van der Waals surface area contributed by atoms with Gasteiger partial charge in [-0.1, -0.05) is 52.2 Å². The molecule has 72 valence electrons. The van der Waals surface area contributed by atoms with Crippen LogP contribution in [-0.2, 0) is 0 Å². The van der Waals surface area contributed by atoms with Crippen LogP contribution in [0, 0.1) is 5.92 Å². The van der Waals surface area contributed by atoms with Crippen LogP contribution < -0.4 is 0 Å². The molecule has 0 bridgehead atoms. The molecule has 0 fully saturated rings. The van der Waals surface area contributed by atoms with Gasteiger partial charge in [-0.2, -0.15) is 0 Å². The largest absolute Gasteiger partial charge is 0.0996 e. The van der Waals surface area contributed by atoms with Gasteiger partial charge in [-0.15, -0.1) is 0 Å². The molecule has 0 radical (unpaired) electrons. The molecule has 0 N–H and O–H groups in total. The van der Waals surface area contributed by atoms with Gasteiger partial charge in [-0.05, 0) is 25.2 Å². The fraction of sp³-hybridized carbons (Fsp3) is 0.833. The highest BCUT2D eigenvalue weighted by atomic mass is 14.1. The summed E-state index contributed by atoms with van der Waals surface area (Å²) in [5.74, 6) is 0.747. The lowest BCUT2D eigenvalue weighted by molar-refractivity contribution is 0.548. The summed E-state index contributed by atoms with van der Waals surface area (Å²) in [4.78, 5) is 0. The second-order valence-corrected chi connectivity index (χ2v) is 3.81. The van der Waals surface area contributed by atoms with Crippen molar-refractivity contribution in [3.8, 4) is 0 Å². The Bertz CT molecular complexity index is 113. The molecular formula is C12H24. The van der Waals surface area contributed by atoms with E-state index in [4.69, 9.17) is 0 Å². The van der Waals surface area contributed by atoms with E-state index in [1.54, 1.807) is 0 Å². The zero-order valence-electron chi connectivity index (χ0n) is 9.03. The lowest BCUT2D eigenvalue weighted by Gasteiger charge is -2.13. The summed E-state index contributed by atoms with van der Waals surface area (Å²) in [7, 11) is 0. The maximum absolute atomic E-state index is 4.15. The number of rotatable bonds is 7. The number of allylic oxidation sites excluding steroid dienone is 1. The Labute approximate surface area is 78.1 Å². The van der Waals surface area contributed by atoms with Crippen molar-refractivity contribution in [2.45, 2.75) is 59.3 Å². The van der Waals surface area contributed by atoms with Crippen molar-refractivity contribution in [2.24, 2.45) is 5.92 Å². The molecule has 0 saturated carbocycles. The van der Waals surface area contributed by atoms with Gasteiger partial charge in [0.1, 0.15) is 0 Å². The van der Waals surface area contributed by atoms with Crippen LogP contribution in [0.15, 0.2) is 12.2 Å². The third kappa shape index (κ3) is 5.40. The molecule has 12 heavy (non-hydrogen) atoms.